The molecule has 1 aromatic heterocycles. The molecule has 1 heterocycles. The van der Waals surface area contributed by atoms with Crippen LogP contribution in [0, 0.1) is 0 Å². The molecule has 0 aliphatic rings. The van der Waals surface area contributed by atoms with Crippen LogP contribution in [0.25, 0.3) is 0 Å². The van der Waals surface area contributed by atoms with Crippen molar-refractivity contribution >= 4 is 0 Å². The van der Waals surface area contributed by atoms with Crippen molar-refractivity contribution in [1.82, 2.24) is 10.2 Å². The topological polar surface area (TPSA) is 28.4 Å². The minimum atomic E-state index is 0.499. The van der Waals surface area contributed by atoms with Crippen molar-refractivity contribution in [3.63, 3.8) is 0 Å². The van der Waals surface area contributed by atoms with Crippen molar-refractivity contribution in [1.29, 1.82) is 0 Å². The Bertz CT molecular complexity index is 355. The van der Waals surface area contributed by atoms with E-state index in [4.69, 9.17) is 4.42 Å². The largest absolute Gasteiger partial charge is 0.468 e. The van der Waals surface area contributed by atoms with Crippen molar-refractivity contribution in [3.8, 4) is 0 Å². The van der Waals surface area contributed by atoms with Crippen molar-refractivity contribution in [2.24, 2.45) is 0 Å². The molecule has 1 N–H and O–H groups in total. The summed E-state index contributed by atoms with van der Waals surface area (Å²) in [6, 6.07) is 2.61. The van der Waals surface area contributed by atoms with Gasteiger partial charge in [-0.2, -0.15) is 0 Å². The average molecular weight is 236 g/mol. The number of hydrogen-bond donors (Lipinski definition) is 1. The molecule has 0 saturated heterocycles. The summed E-state index contributed by atoms with van der Waals surface area (Å²) < 4.78 is 5.54. The molecule has 0 atom stereocenters. The van der Waals surface area contributed by atoms with Gasteiger partial charge in [0.1, 0.15) is 5.76 Å². The van der Waals surface area contributed by atoms with E-state index in [2.05, 4.69) is 43.8 Å². The van der Waals surface area contributed by atoms with E-state index >= 15 is 0 Å². The van der Waals surface area contributed by atoms with Gasteiger partial charge in [0, 0.05) is 24.7 Å². The molecule has 1 rings (SSSR count). The van der Waals surface area contributed by atoms with E-state index in [1.54, 1.807) is 0 Å². The molecule has 1 aromatic rings. The lowest BCUT2D eigenvalue weighted by Crippen LogP contribution is -2.21. The predicted molar refractivity (Wildman–Crippen MR) is 71.8 cm³/mol. The molecule has 17 heavy (non-hydrogen) atoms. The number of hydrogen-bond acceptors (Lipinski definition) is 3. The van der Waals surface area contributed by atoms with Crippen molar-refractivity contribution in [2.75, 3.05) is 13.6 Å². The number of furan rings is 1. The smallest absolute Gasteiger partial charge is 0.118 e. The third-order valence-corrected chi connectivity index (χ3v) is 2.39. The Morgan fingerprint density at radius 1 is 1.53 bits per heavy atom. The van der Waals surface area contributed by atoms with Gasteiger partial charge in [0.2, 0.25) is 0 Å². The van der Waals surface area contributed by atoms with Crippen LogP contribution in [0.15, 0.2) is 28.9 Å². The minimum absolute atomic E-state index is 0.499. The highest BCUT2D eigenvalue weighted by molar-refractivity contribution is 5.12. The standard InChI is InChI=1S/C14H24N2O/c1-11(2)8-16(5)9-14-6-13(10-17-14)7-15-12(3)4/h6,10,12,15H,1,7-9H2,2-5H3. The summed E-state index contributed by atoms with van der Waals surface area (Å²) in [5.74, 6) is 1.01. The first-order chi connectivity index (χ1) is 7.97. The van der Waals surface area contributed by atoms with E-state index in [1.165, 1.54) is 11.1 Å². The molecular formula is C14H24N2O. The van der Waals surface area contributed by atoms with Gasteiger partial charge in [-0.15, -0.1) is 0 Å². The zero-order valence-corrected chi connectivity index (χ0v) is 11.4. The van der Waals surface area contributed by atoms with Gasteiger partial charge in [0.05, 0.1) is 12.8 Å². The Morgan fingerprint density at radius 3 is 2.82 bits per heavy atom. The molecule has 0 unspecified atom stereocenters. The molecule has 0 amide bonds. The second-order valence-electron chi connectivity index (χ2n) is 5.09. The van der Waals surface area contributed by atoms with Gasteiger partial charge < -0.3 is 9.73 Å². The zero-order chi connectivity index (χ0) is 12.8. The van der Waals surface area contributed by atoms with Gasteiger partial charge in [0.15, 0.2) is 0 Å². The Labute approximate surface area is 104 Å². The van der Waals surface area contributed by atoms with E-state index in [-0.39, 0.29) is 0 Å². The second kappa shape index (κ2) is 6.62. The highest BCUT2D eigenvalue weighted by atomic mass is 16.3. The maximum atomic E-state index is 5.54. The summed E-state index contributed by atoms with van der Waals surface area (Å²) in [7, 11) is 2.07. The second-order valence-corrected chi connectivity index (χ2v) is 5.09. The first-order valence-corrected chi connectivity index (χ1v) is 6.10. The Kier molecular flexibility index (Phi) is 5.45. The van der Waals surface area contributed by atoms with E-state index < -0.39 is 0 Å². The van der Waals surface area contributed by atoms with Gasteiger partial charge in [-0.05, 0) is 20.0 Å². The summed E-state index contributed by atoms with van der Waals surface area (Å²) in [5, 5.41) is 3.37. The molecule has 0 fully saturated rings. The molecule has 0 aromatic carbocycles. The highest BCUT2D eigenvalue weighted by Gasteiger charge is 2.06. The average Bonchev–Trinajstić information content (AvgIpc) is 2.61. The third-order valence-electron chi connectivity index (χ3n) is 2.39. The summed E-state index contributed by atoms with van der Waals surface area (Å²) in [4.78, 5) is 2.20. The first kappa shape index (κ1) is 14.0. The molecule has 0 spiro atoms. The fourth-order valence-corrected chi connectivity index (χ4v) is 1.71. The third kappa shape index (κ3) is 5.71. The lowest BCUT2D eigenvalue weighted by Gasteiger charge is -2.14. The van der Waals surface area contributed by atoms with E-state index in [0.717, 1.165) is 25.4 Å². The predicted octanol–water partition coefficient (Wildman–Crippen LogP) is 2.79. The lowest BCUT2D eigenvalue weighted by molar-refractivity contribution is 0.317. The van der Waals surface area contributed by atoms with Crippen LogP contribution >= 0.6 is 0 Å². The van der Waals surface area contributed by atoms with Crippen LogP contribution in [0.3, 0.4) is 0 Å². The number of nitrogens with zero attached hydrogens (tertiary/aromatic N) is 1. The van der Waals surface area contributed by atoms with E-state index in [0.29, 0.717) is 6.04 Å². The molecule has 0 bridgehead atoms. The summed E-state index contributed by atoms with van der Waals surface area (Å²) >= 11 is 0. The van der Waals surface area contributed by atoms with Crippen molar-refractivity contribution in [2.45, 2.75) is 39.9 Å². The molecule has 3 nitrogen and oxygen atoms in total. The quantitative estimate of drug-likeness (QED) is 0.738. The van der Waals surface area contributed by atoms with Gasteiger partial charge >= 0.3 is 0 Å². The Morgan fingerprint density at radius 2 is 2.24 bits per heavy atom. The van der Waals surface area contributed by atoms with Crippen LogP contribution in [0.1, 0.15) is 32.1 Å². The van der Waals surface area contributed by atoms with Crippen LogP contribution in [-0.4, -0.2) is 24.5 Å². The number of rotatable bonds is 7. The van der Waals surface area contributed by atoms with Gasteiger partial charge in [-0.25, -0.2) is 0 Å². The van der Waals surface area contributed by atoms with Crippen molar-refractivity contribution in [3.05, 3.63) is 35.8 Å². The van der Waals surface area contributed by atoms with Gasteiger partial charge in [-0.3, -0.25) is 4.90 Å². The highest BCUT2D eigenvalue weighted by Crippen LogP contribution is 2.10. The van der Waals surface area contributed by atoms with Gasteiger partial charge in [0.25, 0.3) is 0 Å². The molecule has 96 valence electrons. The molecular weight excluding hydrogens is 212 g/mol. The van der Waals surface area contributed by atoms with E-state index in [9.17, 15) is 0 Å². The fourth-order valence-electron chi connectivity index (χ4n) is 1.71. The number of nitrogens with one attached hydrogen (secondary N) is 1. The molecule has 3 heteroatoms. The molecule has 0 aliphatic heterocycles. The fraction of sp³-hybridized carbons (Fsp3) is 0.571. The Hall–Kier alpha value is -1.06. The van der Waals surface area contributed by atoms with Crippen LogP contribution in [-0.2, 0) is 13.1 Å². The van der Waals surface area contributed by atoms with Crippen LogP contribution < -0.4 is 5.32 Å². The summed E-state index contributed by atoms with van der Waals surface area (Å²) in [5.41, 5.74) is 2.37. The van der Waals surface area contributed by atoms with E-state index in [1.807, 2.05) is 13.2 Å². The monoisotopic (exact) mass is 236 g/mol. The SMILES string of the molecule is C=C(C)CN(C)Cc1cc(CNC(C)C)co1. The van der Waals surface area contributed by atoms with Crippen LogP contribution in [0.2, 0.25) is 0 Å². The number of likely N-dealkylation sites (N-methyl/N-ethyl adjacent to an activating group) is 1. The minimum Gasteiger partial charge on any atom is -0.468 e. The zero-order valence-electron chi connectivity index (χ0n) is 11.4. The van der Waals surface area contributed by atoms with Crippen LogP contribution in [0.4, 0.5) is 0 Å². The summed E-state index contributed by atoms with van der Waals surface area (Å²) in [6.45, 7) is 12.8. The first-order valence-electron chi connectivity index (χ1n) is 6.10. The van der Waals surface area contributed by atoms with Crippen molar-refractivity contribution < 1.29 is 4.42 Å². The Balaban J connectivity index is 2.42. The normalized spacial score (nSPS) is 11.4. The van der Waals surface area contributed by atoms with Crippen LogP contribution in [0.5, 0.6) is 0 Å². The summed E-state index contributed by atoms with van der Waals surface area (Å²) in [6.07, 6.45) is 1.83. The maximum absolute atomic E-state index is 5.54. The van der Waals surface area contributed by atoms with Gasteiger partial charge in [-0.1, -0.05) is 26.0 Å². The molecule has 0 saturated carbocycles. The molecule has 0 radical (unpaired) electrons. The maximum Gasteiger partial charge on any atom is 0.118 e. The molecule has 0 aliphatic carbocycles. The lowest BCUT2D eigenvalue weighted by atomic mass is 10.2.